The van der Waals surface area contributed by atoms with Crippen LogP contribution in [0.25, 0.3) is 0 Å². The number of morpholine rings is 1. The quantitative estimate of drug-likeness (QED) is 0.897. The summed E-state index contributed by atoms with van der Waals surface area (Å²) in [6.45, 7) is 0.739. The van der Waals surface area contributed by atoms with Gasteiger partial charge in [-0.15, -0.1) is 0 Å². The van der Waals surface area contributed by atoms with Crippen molar-refractivity contribution in [2.45, 2.75) is 11.0 Å². The van der Waals surface area contributed by atoms with E-state index in [-0.39, 0.29) is 37.4 Å². The SMILES string of the molecule is NCC1CN(S(=O)(=O)c2cccc(Cl)c2F)CCO1. The fraction of sp³-hybridized carbons (Fsp3) is 0.455. The summed E-state index contributed by atoms with van der Waals surface area (Å²) in [7, 11) is -3.92. The molecule has 0 spiro atoms. The number of nitrogens with two attached hydrogens (primary N) is 1. The Morgan fingerprint density at radius 1 is 1.53 bits per heavy atom. The molecular formula is C11H14ClFN2O3S. The van der Waals surface area contributed by atoms with Crippen LogP contribution in [0, 0.1) is 5.82 Å². The van der Waals surface area contributed by atoms with Crippen LogP contribution in [0.3, 0.4) is 0 Å². The van der Waals surface area contributed by atoms with Crippen molar-refractivity contribution in [2.75, 3.05) is 26.2 Å². The number of halogens is 2. The van der Waals surface area contributed by atoms with Crippen LogP contribution >= 0.6 is 11.6 Å². The maximum Gasteiger partial charge on any atom is 0.246 e. The summed E-state index contributed by atoms with van der Waals surface area (Å²) in [6.07, 6.45) is -0.370. The Bertz CT molecular complexity index is 567. The minimum atomic E-state index is -3.92. The van der Waals surface area contributed by atoms with Crippen molar-refractivity contribution in [2.24, 2.45) is 5.73 Å². The van der Waals surface area contributed by atoms with Crippen molar-refractivity contribution < 1.29 is 17.5 Å². The minimum Gasteiger partial charge on any atom is -0.374 e. The van der Waals surface area contributed by atoms with Gasteiger partial charge in [0.05, 0.1) is 17.7 Å². The molecule has 0 amide bonds. The molecule has 106 valence electrons. The lowest BCUT2D eigenvalue weighted by molar-refractivity contribution is 0.00445. The van der Waals surface area contributed by atoms with Crippen LogP contribution in [-0.4, -0.2) is 45.1 Å². The summed E-state index contributed by atoms with van der Waals surface area (Å²) in [5.74, 6) is -0.931. The van der Waals surface area contributed by atoms with Gasteiger partial charge in [0, 0.05) is 19.6 Å². The van der Waals surface area contributed by atoms with Crippen LogP contribution < -0.4 is 5.73 Å². The van der Waals surface area contributed by atoms with Gasteiger partial charge in [0.25, 0.3) is 0 Å². The number of nitrogens with zero attached hydrogens (tertiary/aromatic N) is 1. The average molecular weight is 309 g/mol. The Kier molecular flexibility index (Phi) is 4.42. The monoisotopic (exact) mass is 308 g/mol. The second kappa shape index (κ2) is 5.72. The van der Waals surface area contributed by atoms with Crippen molar-refractivity contribution in [3.05, 3.63) is 29.0 Å². The first kappa shape index (κ1) is 14.7. The molecule has 1 fully saturated rings. The third-order valence-corrected chi connectivity index (χ3v) is 5.07. The molecule has 8 heteroatoms. The van der Waals surface area contributed by atoms with E-state index in [2.05, 4.69) is 0 Å². The lowest BCUT2D eigenvalue weighted by Crippen LogP contribution is -2.48. The Labute approximate surface area is 116 Å². The number of benzene rings is 1. The first-order valence-corrected chi connectivity index (χ1v) is 7.54. The van der Waals surface area contributed by atoms with E-state index in [1.807, 2.05) is 0 Å². The van der Waals surface area contributed by atoms with E-state index in [0.29, 0.717) is 0 Å². The fourth-order valence-corrected chi connectivity index (χ4v) is 3.65. The van der Waals surface area contributed by atoms with Crippen LogP contribution in [0.5, 0.6) is 0 Å². The third kappa shape index (κ3) is 2.90. The summed E-state index contributed by atoms with van der Waals surface area (Å²) in [5, 5.41) is -0.218. The van der Waals surface area contributed by atoms with Gasteiger partial charge in [-0.05, 0) is 12.1 Å². The second-order valence-corrected chi connectivity index (χ2v) is 6.46. The molecule has 0 radical (unpaired) electrons. The summed E-state index contributed by atoms with van der Waals surface area (Å²) >= 11 is 5.61. The highest BCUT2D eigenvalue weighted by molar-refractivity contribution is 7.89. The summed E-state index contributed by atoms with van der Waals surface area (Å²) in [5.41, 5.74) is 5.46. The molecule has 19 heavy (non-hydrogen) atoms. The van der Waals surface area contributed by atoms with E-state index < -0.39 is 20.7 Å². The van der Waals surface area contributed by atoms with Crippen molar-refractivity contribution in [1.29, 1.82) is 0 Å². The van der Waals surface area contributed by atoms with Gasteiger partial charge in [-0.1, -0.05) is 17.7 Å². The van der Waals surface area contributed by atoms with Crippen molar-refractivity contribution >= 4 is 21.6 Å². The predicted molar refractivity (Wildman–Crippen MR) is 69.0 cm³/mol. The van der Waals surface area contributed by atoms with E-state index in [1.54, 1.807) is 0 Å². The van der Waals surface area contributed by atoms with Gasteiger partial charge in [-0.3, -0.25) is 0 Å². The van der Waals surface area contributed by atoms with Gasteiger partial charge in [-0.2, -0.15) is 4.31 Å². The molecule has 1 saturated heterocycles. The number of rotatable bonds is 3. The number of hydrogen-bond donors (Lipinski definition) is 1. The number of sulfonamides is 1. The second-order valence-electron chi connectivity index (χ2n) is 4.14. The van der Waals surface area contributed by atoms with Crippen LogP contribution in [0.1, 0.15) is 0 Å². The molecular weight excluding hydrogens is 295 g/mol. The van der Waals surface area contributed by atoms with Crippen LogP contribution in [0.4, 0.5) is 4.39 Å². The highest BCUT2D eigenvalue weighted by atomic mass is 35.5. The lowest BCUT2D eigenvalue weighted by atomic mass is 10.3. The van der Waals surface area contributed by atoms with Gasteiger partial charge in [0.1, 0.15) is 4.90 Å². The minimum absolute atomic E-state index is 0.116. The highest BCUT2D eigenvalue weighted by Gasteiger charge is 2.32. The predicted octanol–water partition coefficient (Wildman–Crippen LogP) is 0.827. The van der Waals surface area contributed by atoms with E-state index in [1.165, 1.54) is 22.5 Å². The Morgan fingerprint density at radius 3 is 2.95 bits per heavy atom. The standard InChI is InChI=1S/C11H14ClFN2O3S/c12-9-2-1-3-10(11(9)13)19(16,17)15-4-5-18-8(6-14)7-15/h1-3,8H,4-7,14H2. The molecule has 1 aromatic rings. The van der Waals surface area contributed by atoms with E-state index in [4.69, 9.17) is 22.1 Å². The highest BCUT2D eigenvalue weighted by Crippen LogP contribution is 2.25. The molecule has 1 heterocycles. The molecule has 5 nitrogen and oxygen atoms in total. The van der Waals surface area contributed by atoms with Gasteiger partial charge in [-0.25, -0.2) is 12.8 Å². The average Bonchev–Trinajstić information content (AvgIpc) is 2.41. The topological polar surface area (TPSA) is 72.6 Å². The summed E-state index contributed by atoms with van der Waals surface area (Å²) in [6, 6.07) is 3.90. The Balaban J connectivity index is 2.34. The molecule has 2 N–H and O–H groups in total. The van der Waals surface area contributed by atoms with Crippen molar-refractivity contribution in [3.8, 4) is 0 Å². The third-order valence-electron chi connectivity index (χ3n) is 2.90. The lowest BCUT2D eigenvalue weighted by Gasteiger charge is -2.31. The molecule has 0 aromatic heterocycles. The van der Waals surface area contributed by atoms with Crippen molar-refractivity contribution in [1.82, 2.24) is 4.31 Å². The van der Waals surface area contributed by atoms with Gasteiger partial charge >= 0.3 is 0 Å². The molecule has 0 bridgehead atoms. The molecule has 1 atom stereocenters. The Hall–Kier alpha value is -0.730. The zero-order chi connectivity index (χ0) is 14.0. The molecule has 1 aromatic carbocycles. The maximum atomic E-state index is 13.8. The van der Waals surface area contributed by atoms with E-state index in [0.717, 1.165) is 0 Å². The number of hydrogen-bond acceptors (Lipinski definition) is 4. The van der Waals surface area contributed by atoms with E-state index in [9.17, 15) is 12.8 Å². The van der Waals surface area contributed by atoms with Gasteiger partial charge in [0.2, 0.25) is 10.0 Å². The van der Waals surface area contributed by atoms with Crippen LogP contribution in [0.15, 0.2) is 23.1 Å². The van der Waals surface area contributed by atoms with Crippen molar-refractivity contribution in [3.63, 3.8) is 0 Å². The first-order valence-electron chi connectivity index (χ1n) is 5.72. The molecule has 2 rings (SSSR count). The smallest absolute Gasteiger partial charge is 0.246 e. The molecule has 1 unspecified atom stereocenters. The van der Waals surface area contributed by atoms with E-state index >= 15 is 0 Å². The van der Waals surface area contributed by atoms with Gasteiger partial charge in [0.15, 0.2) is 5.82 Å². The van der Waals surface area contributed by atoms with Crippen LogP contribution in [-0.2, 0) is 14.8 Å². The molecule has 1 aliphatic rings. The van der Waals surface area contributed by atoms with Gasteiger partial charge < -0.3 is 10.5 Å². The largest absolute Gasteiger partial charge is 0.374 e. The zero-order valence-corrected chi connectivity index (χ0v) is 11.6. The zero-order valence-electron chi connectivity index (χ0n) is 10.1. The number of ether oxygens (including phenoxy) is 1. The fourth-order valence-electron chi connectivity index (χ4n) is 1.88. The molecule has 0 aliphatic carbocycles. The first-order chi connectivity index (χ1) is 8.96. The summed E-state index contributed by atoms with van der Waals surface area (Å²) < 4.78 is 45.0. The Morgan fingerprint density at radius 2 is 2.26 bits per heavy atom. The van der Waals surface area contributed by atoms with Crippen LogP contribution in [0.2, 0.25) is 5.02 Å². The molecule has 1 aliphatic heterocycles. The normalized spacial score (nSPS) is 21.5. The molecule has 0 saturated carbocycles. The summed E-state index contributed by atoms with van der Waals surface area (Å²) in [4.78, 5) is -0.419. The maximum absolute atomic E-state index is 13.8.